The summed E-state index contributed by atoms with van der Waals surface area (Å²) in [6, 6.07) is 19.9. The highest BCUT2D eigenvalue weighted by Gasteiger charge is 2.09. The van der Waals surface area contributed by atoms with Crippen molar-refractivity contribution in [1.82, 2.24) is 0 Å². The molecular weight excluding hydrogens is 443 g/mol. The van der Waals surface area contributed by atoms with Crippen LogP contribution in [0.25, 0.3) is 0 Å². The molecule has 2 amide bonds. The van der Waals surface area contributed by atoms with Gasteiger partial charge in [0.15, 0.2) is 0 Å². The zero-order chi connectivity index (χ0) is 19.9. The van der Waals surface area contributed by atoms with E-state index < -0.39 is 5.82 Å². The summed E-state index contributed by atoms with van der Waals surface area (Å²) in [4.78, 5) is 25.2. The van der Waals surface area contributed by atoms with Crippen molar-refractivity contribution in [3.63, 3.8) is 0 Å². The van der Waals surface area contributed by atoms with Gasteiger partial charge in [-0.15, -0.1) is 11.8 Å². The molecule has 0 aromatic heterocycles. The Hall–Kier alpha value is -2.64. The van der Waals surface area contributed by atoms with E-state index >= 15 is 0 Å². The minimum Gasteiger partial charge on any atom is -0.324 e. The number of anilines is 2. The first-order valence-electron chi connectivity index (χ1n) is 8.35. The number of hydrogen-bond acceptors (Lipinski definition) is 3. The molecule has 0 aliphatic rings. The van der Waals surface area contributed by atoms with Gasteiger partial charge in [-0.1, -0.05) is 18.2 Å². The van der Waals surface area contributed by atoms with Crippen LogP contribution < -0.4 is 10.6 Å². The van der Waals surface area contributed by atoms with E-state index in [9.17, 15) is 14.0 Å². The average Bonchev–Trinajstić information content (AvgIpc) is 2.69. The van der Waals surface area contributed by atoms with Crippen molar-refractivity contribution >= 4 is 50.9 Å². The molecule has 28 heavy (non-hydrogen) atoms. The Labute approximate surface area is 174 Å². The maximum absolute atomic E-state index is 13.0. The maximum atomic E-state index is 13.0. The Balaban J connectivity index is 1.57. The zero-order valence-electron chi connectivity index (χ0n) is 14.6. The fourth-order valence-electron chi connectivity index (χ4n) is 2.37. The largest absolute Gasteiger partial charge is 0.324 e. The Bertz CT molecular complexity index is 996. The maximum Gasteiger partial charge on any atom is 0.255 e. The normalized spacial score (nSPS) is 10.4. The predicted molar refractivity (Wildman–Crippen MR) is 114 cm³/mol. The molecule has 0 radical (unpaired) electrons. The van der Waals surface area contributed by atoms with Gasteiger partial charge in [0.05, 0.1) is 11.4 Å². The SMILES string of the molecule is O=C(CSc1cccc(NC(=O)c2ccc(F)cc2)c1)Nc1ccccc1Br. The lowest BCUT2D eigenvalue weighted by molar-refractivity contribution is -0.113. The van der Waals surface area contributed by atoms with Crippen molar-refractivity contribution in [3.8, 4) is 0 Å². The highest BCUT2D eigenvalue weighted by atomic mass is 79.9. The van der Waals surface area contributed by atoms with Gasteiger partial charge in [0.25, 0.3) is 5.91 Å². The van der Waals surface area contributed by atoms with Gasteiger partial charge in [0.1, 0.15) is 5.82 Å². The second-order valence-electron chi connectivity index (χ2n) is 5.81. The first kappa shape index (κ1) is 20.1. The molecule has 0 saturated heterocycles. The quantitative estimate of drug-likeness (QED) is 0.474. The zero-order valence-corrected chi connectivity index (χ0v) is 17.0. The highest BCUT2D eigenvalue weighted by molar-refractivity contribution is 9.10. The number of nitrogens with one attached hydrogen (secondary N) is 2. The highest BCUT2D eigenvalue weighted by Crippen LogP contribution is 2.24. The molecule has 0 atom stereocenters. The molecule has 3 aromatic carbocycles. The molecule has 0 aliphatic heterocycles. The summed E-state index contributed by atoms with van der Waals surface area (Å²) < 4.78 is 13.8. The van der Waals surface area contributed by atoms with Crippen LogP contribution in [0, 0.1) is 5.82 Å². The van der Waals surface area contributed by atoms with Crippen LogP contribution in [-0.4, -0.2) is 17.6 Å². The average molecular weight is 459 g/mol. The number of halogens is 2. The molecule has 4 nitrogen and oxygen atoms in total. The van der Waals surface area contributed by atoms with Gasteiger partial charge in [-0.25, -0.2) is 4.39 Å². The second-order valence-corrected chi connectivity index (χ2v) is 7.71. The van der Waals surface area contributed by atoms with E-state index in [1.54, 1.807) is 18.2 Å². The van der Waals surface area contributed by atoms with Gasteiger partial charge >= 0.3 is 0 Å². The van der Waals surface area contributed by atoms with Gasteiger partial charge in [0, 0.05) is 20.6 Å². The van der Waals surface area contributed by atoms with Gasteiger partial charge in [-0.3, -0.25) is 9.59 Å². The van der Waals surface area contributed by atoms with Crippen molar-refractivity contribution in [3.05, 3.63) is 88.6 Å². The van der Waals surface area contributed by atoms with Crippen LogP contribution >= 0.6 is 27.7 Å². The van der Waals surface area contributed by atoms with Crippen molar-refractivity contribution < 1.29 is 14.0 Å². The van der Waals surface area contributed by atoms with Crippen LogP contribution in [0.1, 0.15) is 10.4 Å². The molecule has 0 bridgehead atoms. The van der Waals surface area contributed by atoms with Crippen LogP contribution in [0.15, 0.2) is 82.2 Å². The number of benzene rings is 3. The van der Waals surface area contributed by atoms with Crippen LogP contribution in [-0.2, 0) is 4.79 Å². The number of hydrogen-bond donors (Lipinski definition) is 2. The molecule has 0 saturated carbocycles. The van der Waals surface area contributed by atoms with Gasteiger partial charge < -0.3 is 10.6 Å². The van der Waals surface area contributed by atoms with E-state index in [1.165, 1.54) is 36.0 Å². The molecule has 3 rings (SSSR count). The van der Waals surface area contributed by atoms with E-state index in [0.29, 0.717) is 16.9 Å². The first-order valence-corrected chi connectivity index (χ1v) is 10.1. The summed E-state index contributed by atoms with van der Waals surface area (Å²) in [6.45, 7) is 0. The fraction of sp³-hybridized carbons (Fsp3) is 0.0476. The summed E-state index contributed by atoms with van der Waals surface area (Å²) in [5.41, 5.74) is 1.69. The van der Waals surface area contributed by atoms with Crippen LogP contribution in [0.4, 0.5) is 15.8 Å². The summed E-state index contributed by atoms with van der Waals surface area (Å²) in [7, 11) is 0. The summed E-state index contributed by atoms with van der Waals surface area (Å²) in [6.07, 6.45) is 0. The second kappa shape index (κ2) is 9.52. The van der Waals surface area contributed by atoms with Gasteiger partial charge in [0.2, 0.25) is 5.91 Å². The third-order valence-electron chi connectivity index (χ3n) is 3.72. The fourth-order valence-corrected chi connectivity index (χ4v) is 3.50. The van der Waals surface area contributed by atoms with Crippen molar-refractivity contribution in [1.29, 1.82) is 0 Å². The van der Waals surface area contributed by atoms with Crippen molar-refractivity contribution in [2.75, 3.05) is 16.4 Å². The molecular formula is C21H16BrFN2O2S. The van der Waals surface area contributed by atoms with Gasteiger partial charge in [-0.2, -0.15) is 0 Å². The molecule has 0 spiro atoms. The molecule has 0 unspecified atom stereocenters. The van der Waals surface area contributed by atoms with Crippen LogP contribution in [0.3, 0.4) is 0 Å². The van der Waals surface area contributed by atoms with E-state index in [-0.39, 0.29) is 17.6 Å². The van der Waals surface area contributed by atoms with Crippen molar-refractivity contribution in [2.24, 2.45) is 0 Å². The Kier molecular flexibility index (Phi) is 6.84. The Morgan fingerprint density at radius 1 is 0.929 bits per heavy atom. The molecule has 142 valence electrons. The van der Waals surface area contributed by atoms with Crippen molar-refractivity contribution in [2.45, 2.75) is 4.90 Å². The lowest BCUT2D eigenvalue weighted by Gasteiger charge is -2.09. The topological polar surface area (TPSA) is 58.2 Å². The van der Waals surface area contributed by atoms with Gasteiger partial charge in [-0.05, 0) is 70.5 Å². The lowest BCUT2D eigenvalue weighted by atomic mass is 10.2. The molecule has 2 N–H and O–H groups in total. The minimum atomic E-state index is -0.393. The Morgan fingerprint density at radius 2 is 1.68 bits per heavy atom. The van der Waals surface area contributed by atoms with E-state index in [1.807, 2.05) is 30.3 Å². The number of carbonyl (C=O) groups excluding carboxylic acids is 2. The van der Waals surface area contributed by atoms with E-state index in [4.69, 9.17) is 0 Å². The first-order chi connectivity index (χ1) is 13.5. The number of thioether (sulfide) groups is 1. The predicted octanol–water partition coefficient (Wildman–Crippen LogP) is 5.57. The molecule has 0 fully saturated rings. The monoisotopic (exact) mass is 458 g/mol. The molecule has 0 aliphatic carbocycles. The number of carbonyl (C=O) groups is 2. The number of para-hydroxylation sites is 1. The standard InChI is InChI=1S/C21H16BrFN2O2S/c22-18-6-1-2-7-19(18)25-20(26)13-28-17-5-3-4-16(12-17)24-21(27)14-8-10-15(23)11-9-14/h1-12H,13H2,(H,24,27)(H,25,26). The third-order valence-corrected chi connectivity index (χ3v) is 5.40. The molecule has 3 aromatic rings. The lowest BCUT2D eigenvalue weighted by Crippen LogP contribution is -2.14. The Morgan fingerprint density at radius 3 is 2.43 bits per heavy atom. The van der Waals surface area contributed by atoms with E-state index in [2.05, 4.69) is 26.6 Å². The van der Waals surface area contributed by atoms with Crippen LogP contribution in [0.5, 0.6) is 0 Å². The number of rotatable bonds is 6. The number of amides is 2. The summed E-state index contributed by atoms with van der Waals surface area (Å²) in [5.74, 6) is -0.612. The molecule has 7 heteroatoms. The minimum absolute atomic E-state index is 0.127. The van der Waals surface area contributed by atoms with Crippen LogP contribution in [0.2, 0.25) is 0 Å². The smallest absolute Gasteiger partial charge is 0.255 e. The third kappa shape index (κ3) is 5.68. The molecule has 0 heterocycles. The summed E-state index contributed by atoms with van der Waals surface area (Å²) >= 11 is 4.76. The summed E-state index contributed by atoms with van der Waals surface area (Å²) in [5, 5.41) is 5.62. The van der Waals surface area contributed by atoms with E-state index in [0.717, 1.165) is 9.37 Å².